The van der Waals surface area contributed by atoms with E-state index >= 15 is 0 Å². The van der Waals surface area contributed by atoms with Gasteiger partial charge < -0.3 is 5.11 Å². The highest BCUT2D eigenvalue weighted by atomic mass is 35.5. The standard InChI is InChI=1S/C24H23ClN2O3S2/c1-15-18(25)9-6-10-19(15)27-20(14-23(26-27)24(2,3)28)22-12-11-21(31-22)16-7-5-8-17(13-16)32(4,29)30/h5-14,28H,1-4H3. The van der Waals surface area contributed by atoms with Gasteiger partial charge in [0, 0.05) is 16.2 Å². The topological polar surface area (TPSA) is 72.2 Å². The zero-order valence-corrected chi connectivity index (χ0v) is 20.5. The summed E-state index contributed by atoms with van der Waals surface area (Å²) in [6.45, 7) is 5.33. The maximum atomic E-state index is 12.0. The Morgan fingerprint density at radius 2 is 1.72 bits per heavy atom. The van der Waals surface area contributed by atoms with E-state index in [-0.39, 0.29) is 4.90 Å². The Labute approximate surface area is 196 Å². The van der Waals surface area contributed by atoms with Crippen LogP contribution in [-0.2, 0) is 15.4 Å². The number of halogens is 1. The summed E-state index contributed by atoms with van der Waals surface area (Å²) in [5.41, 5.74) is 2.80. The van der Waals surface area contributed by atoms with Gasteiger partial charge in [-0.05, 0) is 74.4 Å². The van der Waals surface area contributed by atoms with Crippen molar-refractivity contribution >= 4 is 32.8 Å². The molecular formula is C24H23ClN2O3S2. The normalized spacial score (nSPS) is 12.3. The number of aliphatic hydroxyl groups is 1. The average molecular weight is 487 g/mol. The highest BCUT2D eigenvalue weighted by molar-refractivity contribution is 7.90. The Kier molecular flexibility index (Phi) is 5.79. The lowest BCUT2D eigenvalue weighted by atomic mass is 10.1. The molecule has 2 aromatic heterocycles. The molecule has 0 saturated carbocycles. The van der Waals surface area contributed by atoms with E-state index in [1.807, 2.05) is 49.4 Å². The van der Waals surface area contributed by atoms with Crippen LogP contribution in [0, 0.1) is 6.92 Å². The van der Waals surface area contributed by atoms with Crippen molar-refractivity contribution in [3.8, 4) is 26.7 Å². The van der Waals surface area contributed by atoms with E-state index in [4.69, 9.17) is 16.7 Å². The number of hydrogen-bond donors (Lipinski definition) is 1. The Bertz CT molecular complexity index is 1410. The van der Waals surface area contributed by atoms with E-state index in [2.05, 4.69) is 0 Å². The first-order valence-corrected chi connectivity index (χ1v) is 13.0. The molecular weight excluding hydrogens is 464 g/mol. The number of sulfone groups is 1. The lowest BCUT2D eigenvalue weighted by Gasteiger charge is -2.13. The number of nitrogens with zero attached hydrogens (tertiary/aromatic N) is 2. The second kappa shape index (κ2) is 8.15. The van der Waals surface area contributed by atoms with Gasteiger partial charge in [0.25, 0.3) is 0 Å². The van der Waals surface area contributed by atoms with Crippen LogP contribution in [0.25, 0.3) is 26.7 Å². The van der Waals surface area contributed by atoms with Crippen LogP contribution < -0.4 is 0 Å². The number of rotatable bonds is 5. The number of aromatic nitrogens is 2. The molecule has 0 aliphatic heterocycles. The monoisotopic (exact) mass is 486 g/mol. The van der Waals surface area contributed by atoms with E-state index in [0.717, 1.165) is 32.3 Å². The summed E-state index contributed by atoms with van der Waals surface area (Å²) in [7, 11) is -3.29. The predicted molar refractivity (Wildman–Crippen MR) is 130 cm³/mol. The molecule has 32 heavy (non-hydrogen) atoms. The van der Waals surface area contributed by atoms with Crippen molar-refractivity contribution in [3.05, 3.63) is 76.9 Å². The van der Waals surface area contributed by atoms with Gasteiger partial charge in [-0.2, -0.15) is 5.10 Å². The van der Waals surface area contributed by atoms with Crippen molar-refractivity contribution in [1.82, 2.24) is 9.78 Å². The lowest BCUT2D eigenvalue weighted by Crippen LogP contribution is -2.16. The van der Waals surface area contributed by atoms with E-state index < -0.39 is 15.4 Å². The van der Waals surface area contributed by atoms with Crippen LogP contribution in [0.15, 0.2) is 65.6 Å². The fraction of sp³-hybridized carbons (Fsp3) is 0.208. The molecule has 0 amide bonds. The van der Waals surface area contributed by atoms with Gasteiger partial charge in [0.05, 0.1) is 26.8 Å². The SMILES string of the molecule is Cc1c(Cl)cccc1-n1nc(C(C)(C)O)cc1-c1ccc(-c2cccc(S(C)(=O)=O)c2)s1. The van der Waals surface area contributed by atoms with Gasteiger partial charge in [-0.25, -0.2) is 13.1 Å². The second-order valence-electron chi connectivity index (χ2n) is 8.23. The predicted octanol–water partition coefficient (Wildman–Crippen LogP) is 5.86. The third kappa shape index (κ3) is 4.38. The molecule has 0 atom stereocenters. The van der Waals surface area contributed by atoms with Crippen LogP contribution >= 0.6 is 22.9 Å². The molecule has 5 nitrogen and oxygen atoms in total. The first kappa shape index (κ1) is 22.7. The number of thiophene rings is 1. The summed E-state index contributed by atoms with van der Waals surface area (Å²) in [4.78, 5) is 2.16. The van der Waals surface area contributed by atoms with Crippen molar-refractivity contribution in [3.63, 3.8) is 0 Å². The summed E-state index contributed by atoms with van der Waals surface area (Å²) in [6.07, 6.45) is 1.20. The van der Waals surface area contributed by atoms with Gasteiger partial charge in [-0.1, -0.05) is 29.8 Å². The number of benzene rings is 2. The molecule has 2 heterocycles. The summed E-state index contributed by atoms with van der Waals surface area (Å²) in [5, 5.41) is 15.9. The minimum atomic E-state index is -3.29. The first-order chi connectivity index (χ1) is 14.9. The van der Waals surface area contributed by atoms with Gasteiger partial charge in [0.1, 0.15) is 5.60 Å². The Balaban J connectivity index is 1.86. The Morgan fingerprint density at radius 1 is 1.03 bits per heavy atom. The third-order valence-electron chi connectivity index (χ3n) is 5.21. The fourth-order valence-corrected chi connectivity index (χ4v) is 5.22. The maximum absolute atomic E-state index is 12.0. The van der Waals surface area contributed by atoms with E-state index in [9.17, 15) is 13.5 Å². The van der Waals surface area contributed by atoms with E-state index in [1.54, 1.807) is 36.7 Å². The summed E-state index contributed by atoms with van der Waals surface area (Å²) in [5.74, 6) is 0. The molecule has 0 fully saturated rings. The molecule has 8 heteroatoms. The molecule has 0 aliphatic rings. The van der Waals surface area contributed by atoms with Crippen LogP contribution in [0.5, 0.6) is 0 Å². The zero-order valence-electron chi connectivity index (χ0n) is 18.1. The average Bonchev–Trinajstić information content (AvgIpc) is 3.36. The molecule has 1 N–H and O–H groups in total. The highest BCUT2D eigenvalue weighted by Crippen LogP contribution is 2.38. The Morgan fingerprint density at radius 3 is 2.41 bits per heavy atom. The molecule has 0 bridgehead atoms. The molecule has 0 aliphatic carbocycles. The zero-order chi connectivity index (χ0) is 23.3. The molecule has 0 saturated heterocycles. The van der Waals surface area contributed by atoms with Crippen molar-refractivity contribution in [2.75, 3.05) is 6.26 Å². The summed E-state index contributed by atoms with van der Waals surface area (Å²) >= 11 is 7.89. The Hall–Kier alpha value is -2.45. The number of hydrogen-bond acceptors (Lipinski definition) is 5. The second-order valence-corrected chi connectivity index (χ2v) is 11.7. The van der Waals surface area contributed by atoms with Crippen molar-refractivity contribution < 1.29 is 13.5 Å². The smallest absolute Gasteiger partial charge is 0.175 e. The van der Waals surface area contributed by atoms with Gasteiger partial charge in [-0.3, -0.25) is 0 Å². The molecule has 4 aromatic rings. The van der Waals surface area contributed by atoms with E-state index in [1.165, 1.54) is 17.6 Å². The molecule has 0 radical (unpaired) electrons. The summed E-state index contributed by atoms with van der Waals surface area (Å²) in [6, 6.07) is 18.4. The highest BCUT2D eigenvalue weighted by Gasteiger charge is 2.24. The van der Waals surface area contributed by atoms with Crippen LogP contribution in [0.1, 0.15) is 25.1 Å². The van der Waals surface area contributed by atoms with E-state index in [0.29, 0.717) is 10.7 Å². The minimum absolute atomic E-state index is 0.286. The molecule has 0 spiro atoms. The third-order valence-corrected chi connectivity index (χ3v) is 7.89. The quantitative estimate of drug-likeness (QED) is 0.383. The molecule has 2 aromatic carbocycles. The van der Waals surface area contributed by atoms with Crippen LogP contribution in [0.2, 0.25) is 5.02 Å². The summed E-state index contributed by atoms with van der Waals surface area (Å²) < 4.78 is 25.7. The lowest BCUT2D eigenvalue weighted by molar-refractivity contribution is 0.0734. The van der Waals surface area contributed by atoms with Crippen molar-refractivity contribution in [2.24, 2.45) is 0 Å². The van der Waals surface area contributed by atoms with Crippen LogP contribution in [-0.4, -0.2) is 29.6 Å². The van der Waals surface area contributed by atoms with Gasteiger partial charge in [-0.15, -0.1) is 11.3 Å². The fourth-order valence-electron chi connectivity index (χ4n) is 3.38. The largest absolute Gasteiger partial charge is 0.384 e. The van der Waals surface area contributed by atoms with Crippen LogP contribution in [0.3, 0.4) is 0 Å². The van der Waals surface area contributed by atoms with Gasteiger partial charge in [0.15, 0.2) is 9.84 Å². The minimum Gasteiger partial charge on any atom is -0.384 e. The van der Waals surface area contributed by atoms with Crippen molar-refractivity contribution in [1.29, 1.82) is 0 Å². The van der Waals surface area contributed by atoms with Crippen LogP contribution in [0.4, 0.5) is 0 Å². The molecule has 166 valence electrons. The molecule has 4 rings (SSSR count). The van der Waals surface area contributed by atoms with Gasteiger partial charge >= 0.3 is 0 Å². The van der Waals surface area contributed by atoms with Gasteiger partial charge in [0.2, 0.25) is 0 Å². The van der Waals surface area contributed by atoms with Crippen molar-refractivity contribution in [2.45, 2.75) is 31.3 Å². The first-order valence-electron chi connectivity index (χ1n) is 9.94. The maximum Gasteiger partial charge on any atom is 0.175 e. The molecule has 0 unspecified atom stereocenters.